The van der Waals surface area contributed by atoms with Crippen LogP contribution in [0.1, 0.15) is 36.6 Å². The van der Waals surface area contributed by atoms with Gasteiger partial charge in [0.25, 0.3) is 0 Å². The number of hydrogen-bond donors (Lipinski definition) is 1. The molecule has 0 aliphatic carbocycles. The van der Waals surface area contributed by atoms with E-state index in [1.165, 1.54) is 6.42 Å². The molecule has 122 valence electrons. The molecule has 0 saturated carbocycles. The second-order valence-electron chi connectivity index (χ2n) is 5.77. The Morgan fingerprint density at radius 1 is 1.45 bits per heavy atom. The number of hydrogen-bond acceptors (Lipinski definition) is 5. The molecule has 6 heteroatoms. The molecule has 1 aromatic rings. The van der Waals surface area contributed by atoms with Crippen LogP contribution in [0.3, 0.4) is 0 Å². The molecule has 2 aliphatic heterocycles. The molecule has 1 amide bonds. The lowest BCUT2D eigenvalue weighted by molar-refractivity contribution is -0.163. The van der Waals surface area contributed by atoms with E-state index in [9.17, 15) is 4.79 Å². The van der Waals surface area contributed by atoms with Crippen LogP contribution < -0.4 is 5.32 Å². The van der Waals surface area contributed by atoms with Gasteiger partial charge in [-0.25, -0.2) is 0 Å². The van der Waals surface area contributed by atoms with Crippen LogP contribution in [-0.2, 0) is 14.3 Å². The van der Waals surface area contributed by atoms with Crippen LogP contribution in [0.4, 0.5) is 0 Å². The van der Waals surface area contributed by atoms with Gasteiger partial charge in [0.2, 0.25) is 5.91 Å². The fraction of sp³-hybridized carbons (Fsp3) is 0.688. The number of carbonyl (C=O) groups excluding carboxylic acids is 1. The Labute approximate surface area is 135 Å². The van der Waals surface area contributed by atoms with E-state index in [0.717, 1.165) is 50.4 Å². The Morgan fingerprint density at radius 2 is 2.41 bits per heavy atom. The molecule has 1 aromatic heterocycles. The van der Waals surface area contributed by atoms with Gasteiger partial charge in [0.1, 0.15) is 6.04 Å². The molecular formula is C16H24N2O3S. The largest absolute Gasteiger partial charge is 0.353 e. The van der Waals surface area contributed by atoms with Crippen molar-refractivity contribution in [2.45, 2.75) is 38.0 Å². The van der Waals surface area contributed by atoms with Crippen molar-refractivity contribution in [3.8, 4) is 0 Å². The molecule has 0 spiro atoms. The topological polar surface area (TPSA) is 50.8 Å². The quantitative estimate of drug-likeness (QED) is 0.815. The zero-order chi connectivity index (χ0) is 15.2. The molecule has 0 unspecified atom stereocenters. The fourth-order valence-electron chi connectivity index (χ4n) is 3.04. The predicted octanol–water partition coefficient (Wildman–Crippen LogP) is 2.15. The van der Waals surface area contributed by atoms with E-state index in [1.807, 2.05) is 17.5 Å². The predicted molar refractivity (Wildman–Crippen MR) is 85.8 cm³/mol. The minimum atomic E-state index is -0.139. The third-order valence-electron chi connectivity index (χ3n) is 4.16. The van der Waals surface area contributed by atoms with E-state index in [2.05, 4.69) is 10.2 Å². The van der Waals surface area contributed by atoms with Crippen LogP contribution >= 0.6 is 11.3 Å². The van der Waals surface area contributed by atoms with Gasteiger partial charge in [-0.05, 0) is 37.1 Å². The highest BCUT2D eigenvalue weighted by Gasteiger charge is 2.31. The number of carbonyl (C=O) groups is 1. The van der Waals surface area contributed by atoms with Crippen LogP contribution in [0.2, 0.25) is 0 Å². The summed E-state index contributed by atoms with van der Waals surface area (Å²) in [5, 5.41) is 4.99. The number of ether oxygens (including phenoxy) is 2. The molecule has 0 radical (unpaired) electrons. The van der Waals surface area contributed by atoms with Crippen molar-refractivity contribution in [2.24, 2.45) is 0 Å². The van der Waals surface area contributed by atoms with Crippen LogP contribution in [-0.4, -0.2) is 49.9 Å². The average Bonchev–Trinajstić information content (AvgIpc) is 3.06. The van der Waals surface area contributed by atoms with E-state index in [1.54, 1.807) is 11.3 Å². The van der Waals surface area contributed by atoms with Gasteiger partial charge >= 0.3 is 0 Å². The first-order valence-corrected chi connectivity index (χ1v) is 9.01. The summed E-state index contributed by atoms with van der Waals surface area (Å²) in [6.45, 7) is 4.02. The molecule has 3 heterocycles. The highest BCUT2D eigenvalue weighted by molar-refractivity contribution is 7.10. The van der Waals surface area contributed by atoms with Gasteiger partial charge in [-0.2, -0.15) is 0 Å². The van der Waals surface area contributed by atoms with Gasteiger partial charge in [0.15, 0.2) is 6.29 Å². The standard InChI is InChI=1S/C16H24N2O3S/c19-16-15(13-5-3-12-22-13)18(9-7-17-16)8-4-11-21-14-6-1-2-10-20-14/h3,5,12,14-15H,1-2,4,6-11H2,(H,17,19)/t14-,15+/m0/s1. The first kappa shape index (κ1) is 15.9. The normalized spacial score (nSPS) is 26.8. The smallest absolute Gasteiger partial charge is 0.242 e. The molecule has 2 fully saturated rings. The lowest BCUT2D eigenvalue weighted by Gasteiger charge is -2.34. The molecular weight excluding hydrogens is 300 g/mol. The van der Waals surface area contributed by atoms with Gasteiger partial charge < -0.3 is 14.8 Å². The number of amides is 1. The molecule has 2 aliphatic rings. The third kappa shape index (κ3) is 4.07. The van der Waals surface area contributed by atoms with Crippen LogP contribution in [0.5, 0.6) is 0 Å². The Morgan fingerprint density at radius 3 is 3.18 bits per heavy atom. The van der Waals surface area contributed by atoms with Crippen molar-refractivity contribution < 1.29 is 14.3 Å². The first-order valence-electron chi connectivity index (χ1n) is 8.13. The zero-order valence-electron chi connectivity index (χ0n) is 12.8. The molecule has 2 atom stereocenters. The number of thiophene rings is 1. The van der Waals surface area contributed by atoms with Crippen molar-refractivity contribution in [2.75, 3.05) is 32.8 Å². The highest BCUT2D eigenvalue weighted by Crippen LogP contribution is 2.27. The minimum absolute atomic E-state index is 0.0218. The maximum Gasteiger partial charge on any atom is 0.242 e. The Balaban J connectivity index is 1.46. The lowest BCUT2D eigenvalue weighted by Crippen LogP contribution is -2.50. The summed E-state index contributed by atoms with van der Waals surface area (Å²) in [4.78, 5) is 15.6. The van der Waals surface area contributed by atoms with E-state index in [4.69, 9.17) is 9.47 Å². The molecule has 22 heavy (non-hydrogen) atoms. The molecule has 3 rings (SSSR count). The summed E-state index contributed by atoms with van der Waals surface area (Å²) in [6.07, 6.45) is 4.24. The summed E-state index contributed by atoms with van der Waals surface area (Å²) in [6, 6.07) is 3.91. The monoisotopic (exact) mass is 324 g/mol. The summed E-state index contributed by atoms with van der Waals surface area (Å²) >= 11 is 1.65. The van der Waals surface area contributed by atoms with Crippen molar-refractivity contribution in [3.63, 3.8) is 0 Å². The fourth-order valence-corrected chi connectivity index (χ4v) is 3.89. The summed E-state index contributed by atoms with van der Waals surface area (Å²) in [7, 11) is 0. The Bertz CT molecular complexity index is 460. The minimum Gasteiger partial charge on any atom is -0.353 e. The second kappa shape index (κ2) is 8.06. The van der Waals surface area contributed by atoms with Crippen LogP contribution in [0.15, 0.2) is 17.5 Å². The zero-order valence-corrected chi connectivity index (χ0v) is 13.6. The van der Waals surface area contributed by atoms with Gasteiger partial charge in [-0.15, -0.1) is 11.3 Å². The maximum atomic E-state index is 12.2. The van der Waals surface area contributed by atoms with E-state index in [-0.39, 0.29) is 18.2 Å². The summed E-state index contributed by atoms with van der Waals surface area (Å²) < 4.78 is 11.3. The number of nitrogens with zero attached hydrogens (tertiary/aromatic N) is 1. The number of piperazine rings is 1. The SMILES string of the molecule is O=C1NCCN(CCCO[C@H]2CCCCO2)[C@@H]1c1cccs1. The van der Waals surface area contributed by atoms with Crippen LogP contribution in [0.25, 0.3) is 0 Å². The van der Waals surface area contributed by atoms with E-state index < -0.39 is 0 Å². The molecule has 1 N–H and O–H groups in total. The van der Waals surface area contributed by atoms with Crippen molar-refractivity contribution in [3.05, 3.63) is 22.4 Å². The number of nitrogens with one attached hydrogen (secondary N) is 1. The van der Waals surface area contributed by atoms with Gasteiger partial charge in [0.05, 0.1) is 6.61 Å². The molecule has 0 bridgehead atoms. The molecule has 0 aromatic carbocycles. The molecule has 2 saturated heterocycles. The van der Waals surface area contributed by atoms with Crippen molar-refractivity contribution in [1.82, 2.24) is 10.2 Å². The molecule has 5 nitrogen and oxygen atoms in total. The van der Waals surface area contributed by atoms with Gasteiger partial charge in [-0.3, -0.25) is 9.69 Å². The van der Waals surface area contributed by atoms with E-state index >= 15 is 0 Å². The summed E-state index contributed by atoms with van der Waals surface area (Å²) in [5.41, 5.74) is 0. The van der Waals surface area contributed by atoms with Gasteiger partial charge in [-0.1, -0.05) is 6.07 Å². The second-order valence-corrected chi connectivity index (χ2v) is 6.74. The van der Waals surface area contributed by atoms with Crippen LogP contribution in [0, 0.1) is 0 Å². The van der Waals surface area contributed by atoms with Gasteiger partial charge in [0, 0.05) is 31.1 Å². The van der Waals surface area contributed by atoms with Crippen molar-refractivity contribution >= 4 is 17.2 Å². The van der Waals surface area contributed by atoms with E-state index in [0.29, 0.717) is 6.61 Å². The highest BCUT2D eigenvalue weighted by atomic mass is 32.1. The summed E-state index contributed by atoms with van der Waals surface area (Å²) in [5.74, 6) is 0.116. The Kier molecular flexibility index (Phi) is 5.83. The number of rotatable bonds is 6. The van der Waals surface area contributed by atoms with Crippen molar-refractivity contribution in [1.29, 1.82) is 0 Å². The average molecular weight is 324 g/mol. The first-order chi connectivity index (χ1) is 10.8. The Hall–Kier alpha value is -0.950. The maximum absolute atomic E-state index is 12.2. The lowest BCUT2D eigenvalue weighted by atomic mass is 10.1. The third-order valence-corrected chi connectivity index (χ3v) is 5.08.